The van der Waals surface area contributed by atoms with Gasteiger partial charge in [-0.05, 0) is 67.6 Å². The Hall–Kier alpha value is -2.93. The third-order valence-corrected chi connectivity index (χ3v) is 9.65. The topological polar surface area (TPSA) is 126 Å². The van der Waals surface area contributed by atoms with Crippen LogP contribution in [-0.2, 0) is 25.6 Å². The van der Waals surface area contributed by atoms with Gasteiger partial charge in [0.15, 0.2) is 28.7 Å². The summed E-state index contributed by atoms with van der Waals surface area (Å²) in [4.78, 5) is 67.8. The lowest BCUT2D eigenvalue weighted by molar-refractivity contribution is -0.205. The van der Waals surface area contributed by atoms with E-state index in [9.17, 15) is 34.2 Å². The average molecular weight is 507 g/mol. The molecule has 1 aromatic carbocycles. The molecule has 0 aromatic heterocycles. The zero-order valence-electron chi connectivity index (χ0n) is 22.0. The smallest absolute Gasteiger partial charge is 0.190 e. The van der Waals surface area contributed by atoms with Crippen molar-refractivity contribution in [1.29, 1.82) is 0 Å². The highest BCUT2D eigenvalue weighted by molar-refractivity contribution is 6.32. The molecule has 3 saturated carbocycles. The fraction of sp³-hybridized carbons (Fsp3) is 0.567. The van der Waals surface area contributed by atoms with Gasteiger partial charge < -0.3 is 10.2 Å². The quantitative estimate of drug-likeness (QED) is 0.599. The second kappa shape index (κ2) is 8.03. The first-order chi connectivity index (χ1) is 17.2. The zero-order chi connectivity index (χ0) is 27.2. The molecule has 0 aliphatic heterocycles. The second-order valence-electron chi connectivity index (χ2n) is 12.5. The number of hydrogen-bond donors (Lipinski definition) is 2. The molecule has 1 aromatic rings. The summed E-state index contributed by atoms with van der Waals surface area (Å²) in [6, 6.07) is 3.22. The molecule has 4 aliphatic carbocycles. The van der Waals surface area contributed by atoms with E-state index in [1.807, 2.05) is 6.08 Å². The summed E-state index contributed by atoms with van der Waals surface area (Å²) in [5.41, 5.74) is -2.37. The van der Waals surface area contributed by atoms with E-state index in [0.717, 1.165) is 31.7 Å². The van der Waals surface area contributed by atoms with Gasteiger partial charge in [-0.2, -0.15) is 0 Å². The van der Waals surface area contributed by atoms with Crippen LogP contribution in [0, 0.1) is 34.5 Å². The molecule has 0 spiro atoms. The second-order valence-corrected chi connectivity index (χ2v) is 12.5. The Kier molecular flexibility index (Phi) is 5.58. The maximum atomic E-state index is 14.2. The Labute approximate surface area is 216 Å². The number of phenolic OH excluding ortho intramolecular Hbond substituents is 1. The normalized spacial score (nSPS) is 37.1. The number of Topliss-reactive ketones (excluding diaryl/α,β-unsaturated/α-hetero) is 5. The molecule has 3 fully saturated rings. The van der Waals surface area contributed by atoms with Gasteiger partial charge >= 0.3 is 0 Å². The Morgan fingerprint density at radius 1 is 1.08 bits per heavy atom. The number of carbonyl (C=O) groups is 5. The van der Waals surface area contributed by atoms with Crippen LogP contribution in [0.2, 0.25) is 0 Å². The standard InChI is InChI=1S/C30H34O7/c1-14(2)22-24(33)20(15(3)31)26(35)30(37)27(36)23-25(34)21-18(12-28(23,4)13-29(22,30)5)17(9-10-19(21)32)11-16-7-6-8-16/h9-11,14,20,22-23,32,37H,6-8,12-13H2,1-5H3/t20?,22?,23?,28-,29-,30+/m1/s1. The van der Waals surface area contributed by atoms with Gasteiger partial charge in [0.1, 0.15) is 17.5 Å². The molecule has 5 rings (SSSR count). The molecule has 2 N–H and O–H groups in total. The van der Waals surface area contributed by atoms with E-state index in [4.69, 9.17) is 0 Å². The van der Waals surface area contributed by atoms with Crippen LogP contribution in [0.15, 0.2) is 17.7 Å². The summed E-state index contributed by atoms with van der Waals surface area (Å²) in [6.45, 7) is 8.06. The van der Waals surface area contributed by atoms with E-state index < -0.39 is 63.1 Å². The molecule has 196 valence electrons. The molecule has 7 nitrogen and oxygen atoms in total. The van der Waals surface area contributed by atoms with Crippen LogP contribution in [0.25, 0.3) is 6.08 Å². The van der Waals surface area contributed by atoms with Gasteiger partial charge in [-0.25, -0.2) is 0 Å². The number of aliphatic hydroxyl groups is 1. The molecular weight excluding hydrogens is 472 g/mol. The average Bonchev–Trinajstić information content (AvgIpc) is 2.74. The van der Waals surface area contributed by atoms with Crippen molar-refractivity contribution in [2.24, 2.45) is 34.5 Å². The fourth-order valence-corrected chi connectivity index (χ4v) is 8.04. The number of phenols is 1. The molecule has 7 heteroatoms. The highest BCUT2D eigenvalue weighted by Gasteiger charge is 2.76. The van der Waals surface area contributed by atoms with Gasteiger partial charge in [-0.1, -0.05) is 45.4 Å². The Bertz CT molecular complexity index is 1310. The zero-order valence-corrected chi connectivity index (χ0v) is 22.0. The number of hydrogen-bond acceptors (Lipinski definition) is 7. The first kappa shape index (κ1) is 25.7. The molecule has 0 heterocycles. The van der Waals surface area contributed by atoms with Crippen LogP contribution in [-0.4, -0.2) is 44.7 Å². The van der Waals surface area contributed by atoms with E-state index in [0.29, 0.717) is 5.56 Å². The van der Waals surface area contributed by atoms with Crippen LogP contribution < -0.4 is 0 Å². The van der Waals surface area contributed by atoms with Crippen LogP contribution in [0.5, 0.6) is 5.75 Å². The predicted octanol–water partition coefficient (Wildman–Crippen LogP) is 3.66. The molecule has 4 aliphatic rings. The number of ketones is 5. The van der Waals surface area contributed by atoms with Gasteiger partial charge in [0.2, 0.25) is 0 Å². The molecule has 3 unspecified atom stereocenters. The van der Waals surface area contributed by atoms with Crippen molar-refractivity contribution in [3.63, 3.8) is 0 Å². The van der Waals surface area contributed by atoms with E-state index in [1.54, 1.807) is 33.8 Å². The summed E-state index contributed by atoms with van der Waals surface area (Å²) in [5.74, 6) is -8.64. The van der Waals surface area contributed by atoms with Gasteiger partial charge in [0.25, 0.3) is 0 Å². The van der Waals surface area contributed by atoms with E-state index in [-0.39, 0.29) is 30.1 Å². The minimum absolute atomic E-state index is 0.0552. The minimum atomic E-state index is -2.66. The summed E-state index contributed by atoms with van der Waals surface area (Å²) in [7, 11) is 0. The monoisotopic (exact) mass is 506 g/mol. The Morgan fingerprint density at radius 2 is 1.73 bits per heavy atom. The van der Waals surface area contributed by atoms with Crippen LogP contribution in [0.4, 0.5) is 0 Å². The lowest BCUT2D eigenvalue weighted by atomic mass is 9.40. The number of benzene rings is 1. The summed E-state index contributed by atoms with van der Waals surface area (Å²) < 4.78 is 0. The van der Waals surface area contributed by atoms with Crippen molar-refractivity contribution in [2.75, 3.05) is 0 Å². The molecular formula is C30H34O7. The third kappa shape index (κ3) is 3.19. The largest absolute Gasteiger partial charge is 0.507 e. The number of allylic oxidation sites excluding steroid dienone is 1. The maximum absolute atomic E-state index is 14.2. The number of aromatic hydroxyl groups is 1. The van der Waals surface area contributed by atoms with Gasteiger partial charge in [-0.15, -0.1) is 0 Å². The highest BCUT2D eigenvalue weighted by Crippen LogP contribution is 2.63. The number of fused-ring (bicyclic) bond motifs is 3. The van der Waals surface area contributed by atoms with E-state index >= 15 is 0 Å². The molecule has 6 atom stereocenters. The highest BCUT2D eigenvalue weighted by atomic mass is 16.3. The lowest BCUT2D eigenvalue weighted by Gasteiger charge is -2.61. The van der Waals surface area contributed by atoms with Crippen molar-refractivity contribution >= 4 is 35.0 Å². The summed E-state index contributed by atoms with van der Waals surface area (Å²) >= 11 is 0. The van der Waals surface area contributed by atoms with Crippen molar-refractivity contribution in [1.82, 2.24) is 0 Å². The van der Waals surface area contributed by atoms with Crippen molar-refractivity contribution in [2.45, 2.75) is 72.3 Å². The lowest BCUT2D eigenvalue weighted by Crippen LogP contribution is -2.76. The summed E-state index contributed by atoms with van der Waals surface area (Å²) in [6.07, 6.45) is 5.44. The van der Waals surface area contributed by atoms with Gasteiger partial charge in [-0.3, -0.25) is 24.0 Å². The molecule has 0 amide bonds. The SMILES string of the molecule is CC(=O)C1C(=O)C(C(C)C)[C@@]2(C)C[C@@]3(C)Cc4c(C=C5CCC5)ccc(O)c4C(=O)C3C(=O)[C@@]2(O)C1=O. The fourth-order valence-electron chi connectivity index (χ4n) is 8.04. The van der Waals surface area contributed by atoms with E-state index in [2.05, 4.69) is 0 Å². The van der Waals surface area contributed by atoms with Gasteiger partial charge in [0, 0.05) is 11.3 Å². The Balaban J connectivity index is 1.72. The first-order valence-corrected chi connectivity index (χ1v) is 13.1. The molecule has 37 heavy (non-hydrogen) atoms. The minimum Gasteiger partial charge on any atom is -0.507 e. The van der Waals surface area contributed by atoms with Crippen LogP contribution >= 0.6 is 0 Å². The van der Waals surface area contributed by atoms with Crippen molar-refractivity contribution in [3.05, 3.63) is 34.4 Å². The molecule has 0 radical (unpaired) electrons. The molecule has 0 bridgehead atoms. The third-order valence-electron chi connectivity index (χ3n) is 9.65. The van der Waals surface area contributed by atoms with Crippen molar-refractivity contribution in [3.8, 4) is 5.75 Å². The van der Waals surface area contributed by atoms with Crippen molar-refractivity contribution < 1.29 is 34.2 Å². The van der Waals surface area contributed by atoms with Crippen LogP contribution in [0.1, 0.15) is 81.8 Å². The summed E-state index contributed by atoms with van der Waals surface area (Å²) in [5, 5.41) is 22.7. The van der Waals surface area contributed by atoms with Gasteiger partial charge in [0.05, 0.1) is 11.5 Å². The predicted molar refractivity (Wildman–Crippen MR) is 135 cm³/mol. The number of carbonyl (C=O) groups excluding carboxylic acids is 5. The Morgan fingerprint density at radius 3 is 2.27 bits per heavy atom. The number of rotatable bonds is 3. The maximum Gasteiger partial charge on any atom is 0.190 e. The van der Waals surface area contributed by atoms with Crippen LogP contribution in [0.3, 0.4) is 0 Å². The first-order valence-electron chi connectivity index (χ1n) is 13.1. The molecule has 0 saturated heterocycles. The van der Waals surface area contributed by atoms with E-state index in [1.165, 1.54) is 11.6 Å².